The molecule has 37 heavy (non-hydrogen) atoms. The van der Waals surface area contributed by atoms with Gasteiger partial charge in [-0.25, -0.2) is 4.79 Å². The summed E-state index contributed by atoms with van der Waals surface area (Å²) in [6.07, 6.45) is -0.842. The summed E-state index contributed by atoms with van der Waals surface area (Å²) in [7, 11) is -2.39. The van der Waals surface area contributed by atoms with E-state index in [0.717, 1.165) is 16.7 Å². The molecule has 0 saturated carbocycles. The number of alkyl carbamates (subject to hydrolysis) is 1. The van der Waals surface area contributed by atoms with Crippen LogP contribution in [0.4, 0.5) is 4.79 Å². The van der Waals surface area contributed by atoms with Crippen LogP contribution in [-0.4, -0.2) is 36.0 Å². The van der Waals surface area contributed by atoms with Crippen molar-refractivity contribution in [1.29, 1.82) is 0 Å². The molecule has 0 spiro atoms. The first-order chi connectivity index (χ1) is 17.9. The van der Waals surface area contributed by atoms with E-state index < -0.39 is 25.2 Å². The Balaban J connectivity index is 1.61. The summed E-state index contributed by atoms with van der Waals surface area (Å²) < 4.78 is 29.1. The Hall–Kier alpha value is -3.61. The van der Waals surface area contributed by atoms with Crippen molar-refractivity contribution in [3.8, 4) is 5.75 Å². The minimum atomic E-state index is -3.93. The van der Waals surface area contributed by atoms with E-state index in [-0.39, 0.29) is 32.2 Å². The first-order valence-electron chi connectivity index (χ1n) is 12.0. The Bertz CT molecular complexity index is 1190. The molecular weight excluding hydrogens is 493 g/mol. The smallest absolute Gasteiger partial charge is 0.408 e. The van der Waals surface area contributed by atoms with E-state index in [9.17, 15) is 19.0 Å². The fraction of sp³-hybridized carbons (Fsp3) is 0.286. The normalized spacial score (nSPS) is 13.1. The van der Waals surface area contributed by atoms with E-state index in [1.54, 1.807) is 37.4 Å². The number of ether oxygens (including phenoxy) is 3. The summed E-state index contributed by atoms with van der Waals surface area (Å²) in [5.74, 6) is -1.06. The largest absolute Gasteiger partial charge is 0.497 e. The van der Waals surface area contributed by atoms with Gasteiger partial charge in [-0.2, -0.15) is 0 Å². The Kier molecular flexibility index (Phi) is 10.7. The number of carbonyl (C=O) groups excluding carboxylic acids is 2. The number of amides is 1. The lowest BCUT2D eigenvalue weighted by atomic mass is 10.2. The zero-order chi connectivity index (χ0) is 26.5. The molecule has 1 amide bonds. The summed E-state index contributed by atoms with van der Waals surface area (Å²) in [6, 6.07) is 25.5. The average Bonchev–Trinajstić information content (AvgIpc) is 2.93. The molecule has 0 heterocycles. The van der Waals surface area contributed by atoms with Crippen molar-refractivity contribution in [3.05, 3.63) is 102 Å². The zero-order valence-electron chi connectivity index (χ0n) is 20.7. The molecule has 0 aliphatic heterocycles. The van der Waals surface area contributed by atoms with E-state index in [4.69, 9.17) is 14.2 Å². The standard InChI is InChI=1S/C28H32NO7P/c1-34-25-14-8-13-22(19-25)17-18-37(32,33)26(29-28(31)36-21-24-11-6-3-7-12-24)15-16-27(30)35-20-23-9-4-2-5-10-23/h2-14,19,26H,15-18,20-21H2,1H3,(H,29,31)(H,32,33). The van der Waals surface area contributed by atoms with Gasteiger partial charge in [-0.1, -0.05) is 72.8 Å². The van der Waals surface area contributed by atoms with Crippen LogP contribution in [0.1, 0.15) is 29.5 Å². The molecule has 8 nitrogen and oxygen atoms in total. The molecule has 0 aliphatic rings. The van der Waals surface area contributed by atoms with Crippen LogP contribution in [0.25, 0.3) is 0 Å². The highest BCUT2D eigenvalue weighted by atomic mass is 31.2. The lowest BCUT2D eigenvalue weighted by molar-refractivity contribution is -0.145. The van der Waals surface area contributed by atoms with Gasteiger partial charge in [-0.15, -0.1) is 0 Å². The zero-order valence-corrected chi connectivity index (χ0v) is 21.6. The van der Waals surface area contributed by atoms with Gasteiger partial charge < -0.3 is 24.4 Å². The lowest BCUT2D eigenvalue weighted by Crippen LogP contribution is -2.36. The third kappa shape index (κ3) is 9.75. The van der Waals surface area contributed by atoms with Crippen LogP contribution in [0.15, 0.2) is 84.9 Å². The molecule has 9 heteroatoms. The number of methoxy groups -OCH3 is 1. The summed E-state index contributed by atoms with van der Waals surface area (Å²) in [5, 5.41) is 2.51. The van der Waals surface area contributed by atoms with Crippen LogP contribution in [-0.2, 0) is 38.5 Å². The number of rotatable bonds is 13. The highest BCUT2D eigenvalue weighted by Gasteiger charge is 2.33. The van der Waals surface area contributed by atoms with E-state index >= 15 is 0 Å². The van der Waals surface area contributed by atoms with Crippen molar-refractivity contribution < 1.29 is 33.3 Å². The molecule has 3 rings (SSSR count). The lowest BCUT2D eigenvalue weighted by Gasteiger charge is -2.24. The van der Waals surface area contributed by atoms with Crippen LogP contribution in [0.3, 0.4) is 0 Å². The van der Waals surface area contributed by atoms with Crippen molar-refractivity contribution >= 4 is 19.4 Å². The average molecular weight is 526 g/mol. The number of benzene rings is 3. The summed E-state index contributed by atoms with van der Waals surface area (Å²) in [4.78, 5) is 35.8. The molecule has 3 aromatic rings. The molecular formula is C28H32NO7P. The molecule has 2 unspecified atom stereocenters. The fourth-order valence-electron chi connectivity index (χ4n) is 3.61. The molecule has 0 fully saturated rings. The number of hydrogen-bond acceptors (Lipinski definition) is 6. The fourth-order valence-corrected chi connectivity index (χ4v) is 5.34. The predicted molar refractivity (Wildman–Crippen MR) is 140 cm³/mol. The molecule has 0 bridgehead atoms. The van der Waals surface area contributed by atoms with Gasteiger partial charge in [-0.3, -0.25) is 9.36 Å². The van der Waals surface area contributed by atoms with E-state index in [1.807, 2.05) is 54.6 Å². The number of carbonyl (C=O) groups is 2. The second-order valence-electron chi connectivity index (χ2n) is 8.49. The minimum absolute atomic E-state index is 0.0120. The van der Waals surface area contributed by atoms with Gasteiger partial charge in [-0.05, 0) is 41.7 Å². The van der Waals surface area contributed by atoms with E-state index in [2.05, 4.69) is 5.32 Å². The molecule has 0 saturated heterocycles. The van der Waals surface area contributed by atoms with E-state index in [0.29, 0.717) is 12.2 Å². The van der Waals surface area contributed by atoms with Crippen molar-refractivity contribution in [2.45, 2.75) is 38.3 Å². The first-order valence-corrected chi connectivity index (χ1v) is 13.9. The van der Waals surface area contributed by atoms with Gasteiger partial charge in [0.25, 0.3) is 0 Å². The van der Waals surface area contributed by atoms with Gasteiger partial charge in [0.15, 0.2) is 0 Å². The topological polar surface area (TPSA) is 111 Å². The predicted octanol–water partition coefficient (Wildman–Crippen LogP) is 5.28. The second kappa shape index (κ2) is 14.2. The molecule has 2 N–H and O–H groups in total. The maximum Gasteiger partial charge on any atom is 0.408 e. The van der Waals surface area contributed by atoms with Gasteiger partial charge in [0, 0.05) is 12.6 Å². The summed E-state index contributed by atoms with van der Waals surface area (Å²) in [6.45, 7) is 0.113. The summed E-state index contributed by atoms with van der Waals surface area (Å²) in [5.41, 5.74) is 2.44. The van der Waals surface area contributed by atoms with Gasteiger partial charge in [0.2, 0.25) is 7.37 Å². The van der Waals surface area contributed by atoms with Crippen molar-refractivity contribution in [3.63, 3.8) is 0 Å². The maximum atomic E-state index is 13.3. The minimum Gasteiger partial charge on any atom is -0.497 e. The van der Waals surface area contributed by atoms with Crippen molar-refractivity contribution in [2.24, 2.45) is 0 Å². The number of aryl methyl sites for hydroxylation is 1. The van der Waals surface area contributed by atoms with Crippen molar-refractivity contribution in [1.82, 2.24) is 5.32 Å². The van der Waals surface area contributed by atoms with Crippen LogP contribution < -0.4 is 10.1 Å². The van der Waals surface area contributed by atoms with Crippen LogP contribution in [0.2, 0.25) is 0 Å². The highest BCUT2D eigenvalue weighted by molar-refractivity contribution is 7.58. The molecule has 2 atom stereocenters. The molecule has 0 aliphatic carbocycles. The summed E-state index contributed by atoms with van der Waals surface area (Å²) >= 11 is 0. The third-order valence-electron chi connectivity index (χ3n) is 5.70. The van der Waals surface area contributed by atoms with Gasteiger partial charge in [0.05, 0.1) is 7.11 Å². The van der Waals surface area contributed by atoms with Crippen LogP contribution >= 0.6 is 7.37 Å². The SMILES string of the molecule is COc1cccc(CCP(=O)(O)C(CCC(=O)OCc2ccccc2)NC(=O)OCc2ccccc2)c1. The maximum absolute atomic E-state index is 13.3. The number of esters is 1. The number of nitrogens with one attached hydrogen (secondary N) is 1. The van der Waals surface area contributed by atoms with E-state index in [1.165, 1.54) is 0 Å². The monoisotopic (exact) mass is 525 g/mol. The van der Waals surface area contributed by atoms with Crippen LogP contribution in [0, 0.1) is 0 Å². The highest BCUT2D eigenvalue weighted by Crippen LogP contribution is 2.47. The Morgan fingerprint density at radius 3 is 2.08 bits per heavy atom. The third-order valence-corrected chi connectivity index (χ3v) is 7.93. The second-order valence-corrected chi connectivity index (χ2v) is 11.1. The molecule has 0 aromatic heterocycles. The van der Waals surface area contributed by atoms with Gasteiger partial charge in [0.1, 0.15) is 24.7 Å². The van der Waals surface area contributed by atoms with Crippen molar-refractivity contribution in [2.75, 3.05) is 13.3 Å². The quantitative estimate of drug-likeness (QED) is 0.231. The Morgan fingerprint density at radius 1 is 0.865 bits per heavy atom. The molecule has 0 radical (unpaired) electrons. The number of hydrogen-bond donors (Lipinski definition) is 2. The first kappa shape index (κ1) is 28.0. The van der Waals surface area contributed by atoms with Crippen LogP contribution in [0.5, 0.6) is 5.75 Å². The molecule has 196 valence electrons. The molecule has 3 aromatic carbocycles. The Labute approximate surface area is 217 Å². The van der Waals surface area contributed by atoms with Gasteiger partial charge >= 0.3 is 12.1 Å². The Morgan fingerprint density at radius 2 is 1.46 bits per heavy atom.